The van der Waals surface area contributed by atoms with Gasteiger partial charge in [-0.2, -0.15) is 0 Å². The summed E-state index contributed by atoms with van der Waals surface area (Å²) in [5.41, 5.74) is 2.19. The number of aryl methyl sites for hydroxylation is 1. The number of nitrogens with zero attached hydrogens (tertiary/aromatic N) is 2. The van der Waals surface area contributed by atoms with Crippen molar-refractivity contribution in [3.8, 4) is 0 Å². The van der Waals surface area contributed by atoms with Crippen molar-refractivity contribution in [1.82, 2.24) is 10.2 Å². The highest BCUT2D eigenvalue weighted by atomic mass is 35.5. The quantitative estimate of drug-likeness (QED) is 0.831. The number of amides is 2. The van der Waals surface area contributed by atoms with E-state index in [9.17, 15) is 9.59 Å². The average Bonchev–Trinajstić information content (AvgIpc) is 2.71. The first-order chi connectivity index (χ1) is 13.1. The van der Waals surface area contributed by atoms with Crippen LogP contribution in [0.3, 0.4) is 0 Å². The number of carbonyl (C=O) groups excluding carboxylic acids is 2. The average molecular weight is 386 g/mol. The summed E-state index contributed by atoms with van der Waals surface area (Å²) in [5, 5.41) is 3.45. The first-order valence-corrected chi connectivity index (χ1v) is 9.58. The highest BCUT2D eigenvalue weighted by molar-refractivity contribution is 6.30. The van der Waals surface area contributed by atoms with Gasteiger partial charge < -0.3 is 15.1 Å². The fourth-order valence-corrected chi connectivity index (χ4v) is 3.35. The zero-order valence-electron chi connectivity index (χ0n) is 15.2. The first-order valence-electron chi connectivity index (χ1n) is 9.21. The van der Waals surface area contributed by atoms with Crippen LogP contribution in [0.5, 0.6) is 0 Å². The number of rotatable bonds is 6. The topological polar surface area (TPSA) is 52.7 Å². The number of halogens is 1. The molecule has 27 heavy (non-hydrogen) atoms. The second kappa shape index (κ2) is 9.42. The van der Waals surface area contributed by atoms with Crippen LogP contribution in [0.15, 0.2) is 54.6 Å². The lowest BCUT2D eigenvalue weighted by molar-refractivity contribution is -0.133. The number of nitrogens with one attached hydrogen (secondary N) is 1. The molecule has 1 aliphatic heterocycles. The molecule has 142 valence electrons. The van der Waals surface area contributed by atoms with Gasteiger partial charge >= 0.3 is 0 Å². The lowest BCUT2D eigenvalue weighted by atomic mass is 10.1. The van der Waals surface area contributed by atoms with Gasteiger partial charge in [-0.25, -0.2) is 0 Å². The number of hydrogen-bond donors (Lipinski definition) is 1. The van der Waals surface area contributed by atoms with Crippen LogP contribution in [0.25, 0.3) is 0 Å². The Hall–Kier alpha value is -2.53. The van der Waals surface area contributed by atoms with Crippen molar-refractivity contribution >= 4 is 29.1 Å². The van der Waals surface area contributed by atoms with E-state index in [1.807, 2.05) is 54.6 Å². The Labute approximate surface area is 164 Å². The molecule has 0 saturated carbocycles. The van der Waals surface area contributed by atoms with E-state index < -0.39 is 0 Å². The van der Waals surface area contributed by atoms with Gasteiger partial charge in [-0.1, -0.05) is 48.0 Å². The summed E-state index contributed by atoms with van der Waals surface area (Å²) in [4.78, 5) is 28.3. The summed E-state index contributed by atoms with van der Waals surface area (Å²) in [6.45, 7) is 2.86. The van der Waals surface area contributed by atoms with Gasteiger partial charge in [0.05, 0.1) is 6.54 Å². The molecule has 0 bridgehead atoms. The third kappa shape index (κ3) is 5.73. The van der Waals surface area contributed by atoms with Crippen molar-refractivity contribution in [3.05, 3.63) is 65.2 Å². The largest absolute Gasteiger partial charge is 0.368 e. The van der Waals surface area contributed by atoms with Crippen LogP contribution >= 0.6 is 11.6 Å². The lowest BCUT2D eigenvalue weighted by Gasteiger charge is -2.36. The highest BCUT2D eigenvalue weighted by Crippen LogP contribution is 2.20. The van der Waals surface area contributed by atoms with E-state index in [2.05, 4.69) is 10.2 Å². The molecular weight excluding hydrogens is 362 g/mol. The van der Waals surface area contributed by atoms with Gasteiger partial charge in [-0.3, -0.25) is 9.59 Å². The molecule has 1 N–H and O–H groups in total. The van der Waals surface area contributed by atoms with Crippen LogP contribution in [-0.4, -0.2) is 49.4 Å². The molecule has 1 saturated heterocycles. The fraction of sp³-hybridized carbons (Fsp3) is 0.333. The molecule has 0 aliphatic carbocycles. The molecule has 2 aromatic rings. The molecule has 3 rings (SSSR count). The Kier molecular flexibility index (Phi) is 6.71. The van der Waals surface area contributed by atoms with Gasteiger partial charge in [0.1, 0.15) is 0 Å². The van der Waals surface area contributed by atoms with Gasteiger partial charge in [0.2, 0.25) is 11.8 Å². The Morgan fingerprint density at radius 3 is 2.41 bits per heavy atom. The molecule has 1 aliphatic rings. The lowest BCUT2D eigenvalue weighted by Crippen LogP contribution is -2.51. The zero-order chi connectivity index (χ0) is 19.1. The summed E-state index contributed by atoms with van der Waals surface area (Å²) in [5.74, 6) is -0.126. The van der Waals surface area contributed by atoms with Gasteiger partial charge in [0, 0.05) is 43.3 Å². The van der Waals surface area contributed by atoms with Crippen molar-refractivity contribution in [3.63, 3.8) is 0 Å². The predicted octanol–water partition coefficient (Wildman–Crippen LogP) is 2.74. The molecule has 0 unspecified atom stereocenters. The van der Waals surface area contributed by atoms with Gasteiger partial charge in [0.15, 0.2) is 0 Å². The fourth-order valence-electron chi connectivity index (χ4n) is 3.16. The van der Waals surface area contributed by atoms with Crippen molar-refractivity contribution < 1.29 is 9.59 Å². The maximum Gasteiger partial charge on any atom is 0.242 e. The molecule has 1 heterocycles. The number of benzene rings is 2. The maximum absolute atomic E-state index is 12.3. The molecule has 0 spiro atoms. The number of anilines is 1. The van der Waals surface area contributed by atoms with Crippen LogP contribution in [0.4, 0.5) is 5.69 Å². The van der Waals surface area contributed by atoms with E-state index in [-0.39, 0.29) is 18.4 Å². The molecular formula is C21H24ClN3O2. The second-order valence-electron chi connectivity index (χ2n) is 6.61. The molecule has 6 heteroatoms. The minimum absolute atomic E-state index is 0.0335. The van der Waals surface area contributed by atoms with Crippen LogP contribution in [-0.2, 0) is 16.0 Å². The molecule has 0 radical (unpaired) electrons. The van der Waals surface area contributed by atoms with Crippen LogP contribution in [0.2, 0.25) is 5.02 Å². The number of piperazine rings is 1. The van der Waals surface area contributed by atoms with Crippen molar-refractivity contribution in [2.45, 2.75) is 12.8 Å². The Balaban J connectivity index is 1.38. The van der Waals surface area contributed by atoms with Crippen molar-refractivity contribution in [2.24, 2.45) is 0 Å². The van der Waals surface area contributed by atoms with E-state index in [1.165, 1.54) is 0 Å². The summed E-state index contributed by atoms with van der Waals surface area (Å²) in [6.07, 6.45) is 1.07. The summed E-state index contributed by atoms with van der Waals surface area (Å²) < 4.78 is 0. The van der Waals surface area contributed by atoms with Crippen LogP contribution in [0.1, 0.15) is 12.0 Å². The monoisotopic (exact) mass is 385 g/mol. The Bertz CT molecular complexity index is 774. The summed E-state index contributed by atoms with van der Waals surface area (Å²) in [6, 6.07) is 17.6. The normalized spacial score (nSPS) is 14.1. The smallest absolute Gasteiger partial charge is 0.242 e. The Morgan fingerprint density at radius 2 is 1.70 bits per heavy atom. The Morgan fingerprint density at radius 1 is 0.963 bits per heavy atom. The van der Waals surface area contributed by atoms with Crippen molar-refractivity contribution in [1.29, 1.82) is 0 Å². The van der Waals surface area contributed by atoms with Crippen LogP contribution in [0, 0.1) is 0 Å². The third-order valence-corrected chi connectivity index (χ3v) is 4.96. The third-order valence-electron chi connectivity index (χ3n) is 4.73. The van der Waals surface area contributed by atoms with E-state index in [4.69, 9.17) is 11.6 Å². The highest BCUT2D eigenvalue weighted by Gasteiger charge is 2.21. The zero-order valence-corrected chi connectivity index (χ0v) is 16.0. The number of carbonyl (C=O) groups is 2. The predicted molar refractivity (Wildman–Crippen MR) is 108 cm³/mol. The molecule has 0 atom stereocenters. The minimum atomic E-state index is -0.0928. The van der Waals surface area contributed by atoms with Crippen molar-refractivity contribution in [2.75, 3.05) is 37.6 Å². The first kappa shape index (κ1) is 19.2. The summed E-state index contributed by atoms with van der Waals surface area (Å²) in [7, 11) is 0. The standard InChI is InChI=1S/C21H24ClN3O2/c22-18-7-4-8-19(15-18)24-11-13-25(14-12-24)21(27)16-23-20(26)10-9-17-5-2-1-3-6-17/h1-8,15H,9-14,16H2,(H,23,26). The SMILES string of the molecule is O=C(CCc1ccccc1)NCC(=O)N1CCN(c2cccc(Cl)c2)CC1. The molecule has 2 amide bonds. The van der Waals surface area contributed by atoms with Gasteiger partial charge in [-0.15, -0.1) is 0 Å². The molecule has 5 nitrogen and oxygen atoms in total. The van der Waals surface area contributed by atoms with Gasteiger partial charge in [-0.05, 0) is 30.2 Å². The second-order valence-corrected chi connectivity index (χ2v) is 7.05. The van der Waals surface area contributed by atoms with Crippen LogP contribution < -0.4 is 10.2 Å². The van der Waals surface area contributed by atoms with E-state index >= 15 is 0 Å². The van der Waals surface area contributed by atoms with E-state index in [0.29, 0.717) is 31.0 Å². The summed E-state index contributed by atoms with van der Waals surface area (Å²) >= 11 is 6.05. The maximum atomic E-state index is 12.3. The van der Waals surface area contributed by atoms with E-state index in [1.54, 1.807) is 4.90 Å². The van der Waals surface area contributed by atoms with Gasteiger partial charge in [0.25, 0.3) is 0 Å². The molecule has 0 aromatic heterocycles. The molecule has 2 aromatic carbocycles. The van der Waals surface area contributed by atoms with E-state index in [0.717, 1.165) is 24.3 Å². The number of hydrogen-bond acceptors (Lipinski definition) is 3. The minimum Gasteiger partial charge on any atom is -0.368 e. The molecule has 1 fully saturated rings.